The molecule has 23 heavy (non-hydrogen) atoms. The Morgan fingerprint density at radius 1 is 1.52 bits per heavy atom. The third kappa shape index (κ3) is 4.40. The summed E-state index contributed by atoms with van der Waals surface area (Å²) in [5.74, 6) is -2.52. The molecular weight excluding hydrogens is 346 g/mol. The van der Waals surface area contributed by atoms with Crippen LogP contribution in [0.1, 0.15) is 5.56 Å². The standard InChI is InChI=1S/C10H15N2O9P.Na/c1-5-2-12(9(15)11-8(5)14)10(16)7(13)6(3-21-10)20-4-22(17,18)19;/h2,6-7,13,16H,3-4H2,1H3,(H,11,14,15)(H2,17,18,19);/t6-,7+,10?;/m0./s1. The van der Waals surface area contributed by atoms with Crippen molar-refractivity contribution in [3.05, 3.63) is 32.6 Å². The number of nitrogens with zero attached hydrogens (tertiary/aromatic N) is 1. The number of aromatic nitrogens is 2. The van der Waals surface area contributed by atoms with Gasteiger partial charge in [0.25, 0.3) is 11.5 Å². The number of hydrogen-bond donors (Lipinski definition) is 5. The Kier molecular flexibility index (Phi) is 6.55. The van der Waals surface area contributed by atoms with Crippen LogP contribution in [0.5, 0.6) is 0 Å². The van der Waals surface area contributed by atoms with E-state index in [0.717, 1.165) is 6.20 Å². The van der Waals surface area contributed by atoms with Crippen molar-refractivity contribution in [1.29, 1.82) is 0 Å². The van der Waals surface area contributed by atoms with E-state index in [1.165, 1.54) is 6.92 Å². The van der Waals surface area contributed by atoms with Crippen LogP contribution in [0, 0.1) is 6.92 Å². The molecule has 0 aliphatic carbocycles. The van der Waals surface area contributed by atoms with Crippen LogP contribution in [-0.2, 0) is 19.9 Å². The Bertz CT molecular complexity index is 728. The Balaban J connectivity index is 0.00000264. The van der Waals surface area contributed by atoms with Gasteiger partial charge in [0.15, 0.2) is 6.10 Å². The minimum atomic E-state index is -4.47. The number of ether oxygens (including phenoxy) is 2. The summed E-state index contributed by atoms with van der Waals surface area (Å²) in [6.07, 6.45) is -3.05. The molecule has 1 aliphatic heterocycles. The smallest absolute Gasteiger partial charge is 0.350 e. The third-order valence-electron chi connectivity index (χ3n) is 3.12. The fourth-order valence-corrected chi connectivity index (χ4v) is 2.36. The van der Waals surface area contributed by atoms with Gasteiger partial charge in [0.2, 0.25) is 0 Å². The second-order valence-corrected chi connectivity index (χ2v) is 6.44. The van der Waals surface area contributed by atoms with E-state index in [-0.39, 0.29) is 35.1 Å². The first kappa shape index (κ1) is 20.7. The molecular formula is C10H15N2NaO9P. The van der Waals surface area contributed by atoms with Crippen LogP contribution in [0.3, 0.4) is 0 Å². The second-order valence-electron chi connectivity index (χ2n) is 4.85. The number of aliphatic hydroxyl groups excluding tert-OH is 1. The molecule has 0 spiro atoms. The van der Waals surface area contributed by atoms with E-state index in [1.54, 1.807) is 0 Å². The van der Waals surface area contributed by atoms with Gasteiger partial charge in [0.1, 0.15) is 12.5 Å². The average Bonchev–Trinajstić information content (AvgIpc) is 2.68. The summed E-state index contributed by atoms with van der Waals surface area (Å²) in [6.45, 7) is 0.962. The quantitative estimate of drug-likeness (QED) is 0.276. The number of H-pyrrole nitrogens is 1. The van der Waals surface area contributed by atoms with E-state index in [0.29, 0.717) is 4.57 Å². The maximum atomic E-state index is 11.7. The van der Waals surface area contributed by atoms with Gasteiger partial charge in [-0.25, -0.2) is 9.36 Å². The van der Waals surface area contributed by atoms with Crippen LogP contribution >= 0.6 is 7.60 Å². The first-order valence-electron chi connectivity index (χ1n) is 6.08. The zero-order valence-corrected chi connectivity index (χ0v) is 15.3. The first-order chi connectivity index (χ1) is 10.0. The van der Waals surface area contributed by atoms with E-state index < -0.39 is 49.9 Å². The van der Waals surface area contributed by atoms with Crippen molar-refractivity contribution in [2.75, 3.05) is 13.0 Å². The molecule has 2 heterocycles. The first-order valence-corrected chi connectivity index (χ1v) is 7.88. The summed E-state index contributed by atoms with van der Waals surface area (Å²) in [5.41, 5.74) is -1.59. The average molecular weight is 361 g/mol. The van der Waals surface area contributed by atoms with Crippen molar-refractivity contribution in [3.63, 3.8) is 0 Å². The Morgan fingerprint density at radius 3 is 2.70 bits per heavy atom. The molecule has 125 valence electrons. The molecule has 11 nitrogen and oxygen atoms in total. The molecule has 1 aliphatic rings. The number of hydrogen-bond acceptors (Lipinski definition) is 7. The van der Waals surface area contributed by atoms with Gasteiger partial charge in [-0.05, 0) is 6.92 Å². The monoisotopic (exact) mass is 361 g/mol. The van der Waals surface area contributed by atoms with E-state index in [2.05, 4.69) is 0 Å². The molecule has 1 radical (unpaired) electrons. The predicted molar refractivity (Wildman–Crippen MR) is 75.7 cm³/mol. The molecule has 0 aromatic carbocycles. The molecule has 1 unspecified atom stereocenters. The van der Waals surface area contributed by atoms with Crippen LogP contribution < -0.4 is 11.2 Å². The minimum Gasteiger partial charge on any atom is -0.382 e. The summed E-state index contributed by atoms with van der Waals surface area (Å²) >= 11 is 0. The molecule has 0 amide bonds. The van der Waals surface area contributed by atoms with Gasteiger partial charge in [-0.1, -0.05) is 0 Å². The Morgan fingerprint density at radius 2 is 2.13 bits per heavy atom. The molecule has 0 bridgehead atoms. The van der Waals surface area contributed by atoms with E-state index in [1.807, 2.05) is 4.98 Å². The van der Waals surface area contributed by atoms with Crippen molar-refractivity contribution >= 4 is 37.2 Å². The molecule has 3 atom stereocenters. The van der Waals surface area contributed by atoms with Crippen molar-refractivity contribution in [1.82, 2.24) is 9.55 Å². The van der Waals surface area contributed by atoms with Gasteiger partial charge in [0, 0.05) is 41.3 Å². The third-order valence-corrected chi connectivity index (χ3v) is 3.61. The Labute approximate surface area is 151 Å². The minimum absolute atomic E-state index is 0. The van der Waals surface area contributed by atoms with Crippen molar-refractivity contribution in [2.24, 2.45) is 0 Å². The van der Waals surface area contributed by atoms with Gasteiger partial charge in [0.05, 0.1) is 6.61 Å². The maximum Gasteiger partial charge on any atom is 0.350 e. The number of nitrogens with one attached hydrogen (secondary N) is 1. The summed E-state index contributed by atoms with van der Waals surface area (Å²) < 4.78 is 21.1. The zero-order chi connectivity index (χ0) is 16.7. The van der Waals surface area contributed by atoms with Gasteiger partial charge in [-0.15, -0.1) is 0 Å². The van der Waals surface area contributed by atoms with Crippen LogP contribution in [-0.4, -0.2) is 84.3 Å². The van der Waals surface area contributed by atoms with Gasteiger partial charge in [-0.3, -0.25) is 14.3 Å². The summed E-state index contributed by atoms with van der Waals surface area (Å²) in [7, 11) is -4.47. The second kappa shape index (κ2) is 7.28. The fourth-order valence-electron chi connectivity index (χ4n) is 1.97. The SMILES string of the molecule is Cc1cn(C2(O)OC[C@H](OCP(=O)(O)O)[C@H]2O)c(=O)[nH]c1=O.[Na]. The Hall–Kier alpha value is -0.330. The topological polar surface area (TPSA) is 171 Å². The number of aryl methyl sites for hydroxylation is 1. The van der Waals surface area contributed by atoms with Gasteiger partial charge < -0.3 is 29.5 Å². The van der Waals surface area contributed by atoms with Crippen LogP contribution in [0.4, 0.5) is 0 Å². The fraction of sp³-hybridized carbons (Fsp3) is 0.600. The number of rotatable bonds is 4. The zero-order valence-electron chi connectivity index (χ0n) is 12.4. The largest absolute Gasteiger partial charge is 0.382 e. The molecule has 1 fully saturated rings. The van der Waals surface area contributed by atoms with Crippen molar-refractivity contribution < 1.29 is 34.0 Å². The van der Waals surface area contributed by atoms with E-state index in [9.17, 15) is 24.4 Å². The molecule has 1 saturated heterocycles. The van der Waals surface area contributed by atoms with Crippen LogP contribution in [0.25, 0.3) is 0 Å². The van der Waals surface area contributed by atoms with Crippen molar-refractivity contribution in [2.45, 2.75) is 25.0 Å². The van der Waals surface area contributed by atoms with Crippen LogP contribution in [0.15, 0.2) is 15.8 Å². The predicted octanol–water partition coefficient (Wildman–Crippen LogP) is -3.02. The van der Waals surface area contributed by atoms with Crippen LogP contribution in [0.2, 0.25) is 0 Å². The summed E-state index contributed by atoms with van der Waals surface area (Å²) in [4.78, 5) is 42.4. The maximum absolute atomic E-state index is 11.7. The number of aliphatic hydroxyl groups is 2. The normalized spacial score (nSPS) is 27.7. The van der Waals surface area contributed by atoms with Gasteiger partial charge >= 0.3 is 13.3 Å². The summed E-state index contributed by atoms with van der Waals surface area (Å²) in [6, 6.07) is 0. The summed E-state index contributed by atoms with van der Waals surface area (Å²) in [5, 5.41) is 20.4. The van der Waals surface area contributed by atoms with E-state index in [4.69, 9.17) is 19.3 Å². The number of aromatic amines is 1. The molecule has 13 heteroatoms. The van der Waals surface area contributed by atoms with Gasteiger partial charge in [-0.2, -0.15) is 0 Å². The van der Waals surface area contributed by atoms with E-state index >= 15 is 0 Å². The molecule has 1 aromatic rings. The molecule has 0 saturated carbocycles. The molecule has 1 aromatic heterocycles. The molecule has 5 N–H and O–H groups in total. The van der Waals surface area contributed by atoms with Crippen molar-refractivity contribution in [3.8, 4) is 0 Å². The molecule has 2 rings (SSSR count).